The molecular formula is C11H10FNO2. The summed E-state index contributed by atoms with van der Waals surface area (Å²) in [6, 6.07) is 8.08. The maximum atomic E-state index is 11.8. The van der Waals surface area contributed by atoms with Crippen LogP contribution in [0.2, 0.25) is 0 Å². The number of Topliss-reactive ketones (excluding diaryl/α,β-unsaturated/α-hetero) is 1. The zero-order valence-corrected chi connectivity index (χ0v) is 8.07. The van der Waals surface area contributed by atoms with Crippen molar-refractivity contribution in [2.24, 2.45) is 0 Å². The normalized spacial score (nSPS) is 9.33. The minimum Gasteiger partial charge on any atom is -0.491 e. The third-order valence-electron chi connectivity index (χ3n) is 1.76. The second-order valence-corrected chi connectivity index (χ2v) is 2.82. The number of nitriles is 1. The minimum absolute atomic E-state index is 0.00545. The number of halogens is 1. The van der Waals surface area contributed by atoms with Crippen LogP contribution in [0, 0.1) is 11.3 Å². The molecule has 3 nitrogen and oxygen atoms in total. The van der Waals surface area contributed by atoms with Gasteiger partial charge in [-0.15, -0.1) is 0 Å². The van der Waals surface area contributed by atoms with Gasteiger partial charge in [0.05, 0.1) is 12.5 Å². The molecule has 0 aromatic heterocycles. The van der Waals surface area contributed by atoms with Crippen molar-refractivity contribution in [2.45, 2.75) is 6.42 Å². The number of ether oxygens (including phenoxy) is 1. The molecule has 0 aliphatic heterocycles. The molecule has 1 rings (SSSR count). The quantitative estimate of drug-likeness (QED) is 0.695. The monoisotopic (exact) mass is 207 g/mol. The predicted octanol–water partition coefficient (Wildman–Crippen LogP) is 2.13. The Labute approximate surface area is 87.1 Å². The molecule has 0 atom stereocenters. The number of hydrogen-bond donors (Lipinski definition) is 0. The van der Waals surface area contributed by atoms with Crippen molar-refractivity contribution in [3.05, 3.63) is 29.8 Å². The average Bonchev–Trinajstić information content (AvgIpc) is 2.27. The molecule has 0 unspecified atom stereocenters. The third-order valence-corrected chi connectivity index (χ3v) is 1.76. The molecule has 0 N–H and O–H groups in total. The predicted molar refractivity (Wildman–Crippen MR) is 52.5 cm³/mol. The summed E-state index contributed by atoms with van der Waals surface area (Å²) < 4.78 is 16.8. The Morgan fingerprint density at radius 3 is 2.60 bits per heavy atom. The van der Waals surface area contributed by atoms with Gasteiger partial charge < -0.3 is 4.74 Å². The number of ketones is 1. The van der Waals surface area contributed by atoms with E-state index in [4.69, 9.17) is 10.00 Å². The van der Waals surface area contributed by atoms with Crippen LogP contribution in [-0.2, 0) is 0 Å². The van der Waals surface area contributed by atoms with Gasteiger partial charge in [0.25, 0.3) is 0 Å². The van der Waals surface area contributed by atoms with Crippen LogP contribution in [0.15, 0.2) is 24.3 Å². The Kier molecular flexibility index (Phi) is 4.30. The fraction of sp³-hybridized carbons (Fsp3) is 0.273. The molecule has 0 radical (unpaired) electrons. The molecular weight excluding hydrogens is 197 g/mol. The van der Waals surface area contributed by atoms with Gasteiger partial charge in [-0.3, -0.25) is 4.79 Å². The Bertz CT molecular complexity index is 367. The lowest BCUT2D eigenvalue weighted by Gasteiger charge is -2.03. The van der Waals surface area contributed by atoms with Gasteiger partial charge in [-0.05, 0) is 24.3 Å². The second-order valence-electron chi connectivity index (χ2n) is 2.82. The minimum atomic E-state index is -0.547. The van der Waals surface area contributed by atoms with E-state index in [1.54, 1.807) is 30.3 Å². The first kappa shape index (κ1) is 11.2. The molecule has 0 aliphatic carbocycles. The van der Waals surface area contributed by atoms with Gasteiger partial charge in [-0.1, -0.05) is 0 Å². The van der Waals surface area contributed by atoms with E-state index in [-0.39, 0.29) is 18.8 Å². The smallest absolute Gasteiger partial charge is 0.176 e. The summed E-state index contributed by atoms with van der Waals surface area (Å²) in [4.78, 5) is 11.2. The summed E-state index contributed by atoms with van der Waals surface area (Å²) >= 11 is 0. The molecule has 0 aliphatic rings. The van der Waals surface area contributed by atoms with Crippen LogP contribution in [0.4, 0.5) is 4.39 Å². The van der Waals surface area contributed by atoms with Gasteiger partial charge in [-0.25, -0.2) is 4.39 Å². The van der Waals surface area contributed by atoms with Crippen LogP contribution in [0.25, 0.3) is 0 Å². The maximum absolute atomic E-state index is 11.8. The van der Waals surface area contributed by atoms with Crippen LogP contribution in [-0.4, -0.2) is 19.1 Å². The highest BCUT2D eigenvalue weighted by molar-refractivity contribution is 5.97. The standard InChI is InChI=1S/C11H10FNO2/c12-6-8-15-10-3-1-9(2-4-10)11(14)5-7-13/h1-4H,5-6,8H2. The van der Waals surface area contributed by atoms with Gasteiger partial charge in [-0.2, -0.15) is 5.26 Å². The van der Waals surface area contributed by atoms with E-state index >= 15 is 0 Å². The molecule has 1 aromatic rings. The molecule has 0 amide bonds. The van der Waals surface area contributed by atoms with Crippen molar-refractivity contribution in [1.29, 1.82) is 5.26 Å². The van der Waals surface area contributed by atoms with Crippen LogP contribution in [0.1, 0.15) is 16.8 Å². The first-order valence-corrected chi connectivity index (χ1v) is 4.47. The highest BCUT2D eigenvalue weighted by Crippen LogP contribution is 2.13. The van der Waals surface area contributed by atoms with Crippen LogP contribution >= 0.6 is 0 Å². The summed E-state index contributed by atoms with van der Waals surface area (Å²) in [5, 5.41) is 8.33. The third kappa shape index (κ3) is 3.39. The van der Waals surface area contributed by atoms with E-state index in [1.165, 1.54) is 0 Å². The van der Waals surface area contributed by atoms with E-state index in [9.17, 15) is 9.18 Å². The molecule has 0 bridgehead atoms. The largest absolute Gasteiger partial charge is 0.491 e. The first-order chi connectivity index (χ1) is 7.27. The van der Waals surface area contributed by atoms with Crippen molar-refractivity contribution in [2.75, 3.05) is 13.3 Å². The zero-order chi connectivity index (χ0) is 11.1. The molecule has 0 heterocycles. The van der Waals surface area contributed by atoms with Crippen molar-refractivity contribution in [1.82, 2.24) is 0 Å². The molecule has 1 aromatic carbocycles. The van der Waals surface area contributed by atoms with Gasteiger partial charge in [0.2, 0.25) is 0 Å². The van der Waals surface area contributed by atoms with Crippen LogP contribution in [0.5, 0.6) is 5.75 Å². The molecule has 15 heavy (non-hydrogen) atoms. The van der Waals surface area contributed by atoms with E-state index in [0.29, 0.717) is 11.3 Å². The van der Waals surface area contributed by atoms with E-state index in [2.05, 4.69) is 0 Å². The highest BCUT2D eigenvalue weighted by Gasteiger charge is 2.04. The summed E-state index contributed by atoms with van der Waals surface area (Å²) in [6.07, 6.45) is -0.134. The lowest BCUT2D eigenvalue weighted by molar-refractivity contribution is 0.0997. The number of hydrogen-bond acceptors (Lipinski definition) is 3. The number of carbonyl (C=O) groups excluding carboxylic acids is 1. The summed E-state index contributed by atoms with van der Waals surface area (Å²) in [7, 11) is 0. The number of rotatable bonds is 5. The van der Waals surface area contributed by atoms with E-state index < -0.39 is 6.67 Å². The van der Waals surface area contributed by atoms with Crippen molar-refractivity contribution in [3.63, 3.8) is 0 Å². The molecule has 78 valence electrons. The van der Waals surface area contributed by atoms with Crippen molar-refractivity contribution >= 4 is 5.78 Å². The summed E-state index contributed by atoms with van der Waals surface area (Å²) in [5.41, 5.74) is 0.462. The Morgan fingerprint density at radius 2 is 2.07 bits per heavy atom. The molecule has 4 heteroatoms. The van der Waals surface area contributed by atoms with Gasteiger partial charge >= 0.3 is 0 Å². The van der Waals surface area contributed by atoms with Gasteiger partial charge in [0.1, 0.15) is 19.0 Å². The SMILES string of the molecule is N#CCC(=O)c1ccc(OCCF)cc1. The number of benzene rings is 1. The summed E-state index contributed by atoms with van der Waals surface area (Å²) in [6.45, 7) is -0.541. The van der Waals surface area contributed by atoms with Crippen LogP contribution in [0.3, 0.4) is 0 Å². The van der Waals surface area contributed by atoms with Crippen molar-refractivity contribution < 1.29 is 13.9 Å². The topological polar surface area (TPSA) is 50.1 Å². The fourth-order valence-electron chi connectivity index (χ4n) is 1.07. The molecule has 0 saturated carbocycles. The fourth-order valence-corrected chi connectivity index (χ4v) is 1.07. The van der Waals surface area contributed by atoms with E-state index in [1.807, 2.05) is 0 Å². The van der Waals surface area contributed by atoms with Gasteiger partial charge in [0, 0.05) is 5.56 Å². The van der Waals surface area contributed by atoms with Crippen LogP contribution < -0.4 is 4.74 Å². The number of carbonyl (C=O) groups is 1. The second kappa shape index (κ2) is 5.76. The van der Waals surface area contributed by atoms with Gasteiger partial charge in [0.15, 0.2) is 5.78 Å². The zero-order valence-electron chi connectivity index (χ0n) is 8.07. The Balaban J connectivity index is 2.64. The maximum Gasteiger partial charge on any atom is 0.176 e. The molecule has 0 saturated heterocycles. The van der Waals surface area contributed by atoms with Crippen molar-refractivity contribution in [3.8, 4) is 11.8 Å². The highest BCUT2D eigenvalue weighted by atomic mass is 19.1. The Morgan fingerprint density at radius 1 is 1.40 bits per heavy atom. The summed E-state index contributed by atoms with van der Waals surface area (Å²) in [5.74, 6) is 0.288. The number of nitrogens with zero attached hydrogens (tertiary/aromatic N) is 1. The van der Waals surface area contributed by atoms with E-state index in [0.717, 1.165) is 0 Å². The first-order valence-electron chi connectivity index (χ1n) is 4.47. The average molecular weight is 207 g/mol. The molecule has 0 fully saturated rings. The Hall–Kier alpha value is -1.89. The lowest BCUT2D eigenvalue weighted by Crippen LogP contribution is -2.00. The lowest BCUT2D eigenvalue weighted by atomic mass is 10.1. The number of alkyl halides is 1. The molecule has 0 spiro atoms.